The lowest BCUT2D eigenvalue weighted by Crippen LogP contribution is -2.42. The van der Waals surface area contributed by atoms with E-state index >= 15 is 0 Å². The lowest BCUT2D eigenvalue weighted by atomic mass is 9.80. The first-order valence-corrected chi connectivity index (χ1v) is 6.24. The zero-order valence-corrected chi connectivity index (χ0v) is 11.4. The molecule has 98 valence electrons. The van der Waals surface area contributed by atoms with Gasteiger partial charge in [-0.15, -0.1) is 0 Å². The third-order valence-electron chi connectivity index (χ3n) is 3.52. The van der Waals surface area contributed by atoms with Crippen molar-refractivity contribution in [2.24, 2.45) is 23.7 Å². The van der Waals surface area contributed by atoms with Gasteiger partial charge in [0.25, 0.3) is 0 Å². The van der Waals surface area contributed by atoms with Crippen molar-refractivity contribution >= 4 is 0 Å². The highest BCUT2D eigenvalue weighted by Gasteiger charge is 2.32. The summed E-state index contributed by atoms with van der Waals surface area (Å²) >= 11 is 0. The van der Waals surface area contributed by atoms with Crippen molar-refractivity contribution < 1.29 is 15.3 Å². The third kappa shape index (κ3) is 4.04. The predicted molar refractivity (Wildman–Crippen MR) is 66.0 cm³/mol. The van der Waals surface area contributed by atoms with Gasteiger partial charge in [0.05, 0.1) is 18.3 Å². The molecular weight excluding hydrogens is 204 g/mol. The average molecular weight is 232 g/mol. The molecule has 0 aliphatic rings. The highest BCUT2D eigenvalue weighted by Crippen LogP contribution is 2.25. The number of aliphatic hydroxyl groups is 3. The van der Waals surface area contributed by atoms with Crippen molar-refractivity contribution in [2.45, 2.75) is 59.9 Å². The fraction of sp³-hybridized carbons (Fsp3) is 1.00. The van der Waals surface area contributed by atoms with Crippen LogP contribution in [0.2, 0.25) is 0 Å². The number of hydrogen-bond acceptors (Lipinski definition) is 3. The molecule has 0 rings (SSSR count). The fourth-order valence-corrected chi connectivity index (χ4v) is 2.10. The molecule has 0 fully saturated rings. The van der Waals surface area contributed by atoms with Gasteiger partial charge < -0.3 is 15.3 Å². The van der Waals surface area contributed by atoms with E-state index in [1.54, 1.807) is 0 Å². The van der Waals surface area contributed by atoms with E-state index in [1.807, 2.05) is 41.5 Å². The Morgan fingerprint density at radius 2 is 0.750 bits per heavy atom. The molecular formula is C13H28O3. The van der Waals surface area contributed by atoms with E-state index in [9.17, 15) is 15.3 Å². The fourth-order valence-electron chi connectivity index (χ4n) is 2.10. The predicted octanol–water partition coefficient (Wildman–Crippen LogP) is 1.65. The van der Waals surface area contributed by atoms with Crippen LogP contribution in [0.15, 0.2) is 0 Å². The molecule has 0 bridgehead atoms. The summed E-state index contributed by atoms with van der Waals surface area (Å²) in [7, 11) is 0. The first-order chi connectivity index (χ1) is 7.20. The minimum absolute atomic E-state index is 0.119. The van der Waals surface area contributed by atoms with E-state index in [4.69, 9.17) is 0 Å². The lowest BCUT2D eigenvalue weighted by molar-refractivity contribution is -0.0650. The normalized spacial score (nSPS) is 20.2. The summed E-state index contributed by atoms with van der Waals surface area (Å²) in [4.78, 5) is 0. The van der Waals surface area contributed by atoms with Crippen LogP contribution in [0.3, 0.4) is 0 Å². The molecule has 4 atom stereocenters. The van der Waals surface area contributed by atoms with E-state index in [0.717, 1.165) is 0 Å². The van der Waals surface area contributed by atoms with Crippen LogP contribution in [0.5, 0.6) is 0 Å². The summed E-state index contributed by atoms with van der Waals surface area (Å²) in [5, 5.41) is 29.9. The Balaban J connectivity index is 4.48. The minimum Gasteiger partial charge on any atom is -0.392 e. The first kappa shape index (κ1) is 15.9. The van der Waals surface area contributed by atoms with Crippen molar-refractivity contribution in [2.75, 3.05) is 0 Å². The molecule has 0 heterocycles. The lowest BCUT2D eigenvalue weighted by Gasteiger charge is -2.33. The van der Waals surface area contributed by atoms with E-state index in [1.165, 1.54) is 0 Å². The van der Waals surface area contributed by atoms with Crippen LogP contribution >= 0.6 is 0 Å². The Hall–Kier alpha value is -0.120. The maximum absolute atomic E-state index is 10.1. The molecule has 0 aromatic carbocycles. The van der Waals surface area contributed by atoms with Gasteiger partial charge in [-0.05, 0) is 11.8 Å². The quantitative estimate of drug-likeness (QED) is 0.652. The molecule has 0 aliphatic carbocycles. The zero-order valence-electron chi connectivity index (χ0n) is 11.4. The highest BCUT2D eigenvalue weighted by atomic mass is 16.3. The zero-order chi connectivity index (χ0) is 13.0. The van der Waals surface area contributed by atoms with Crippen LogP contribution in [0.25, 0.3) is 0 Å². The smallest absolute Gasteiger partial charge is 0.0640 e. The Morgan fingerprint density at radius 1 is 0.500 bits per heavy atom. The summed E-state index contributed by atoms with van der Waals surface area (Å²) in [6.45, 7) is 11.4. The average Bonchev–Trinajstić information content (AvgIpc) is 2.23. The summed E-state index contributed by atoms with van der Waals surface area (Å²) < 4.78 is 0. The van der Waals surface area contributed by atoms with Crippen molar-refractivity contribution in [3.63, 3.8) is 0 Å². The molecule has 0 aliphatic heterocycles. The molecule has 0 saturated carbocycles. The third-order valence-corrected chi connectivity index (χ3v) is 3.52. The van der Waals surface area contributed by atoms with Gasteiger partial charge in [-0.25, -0.2) is 0 Å². The molecule has 0 saturated heterocycles. The van der Waals surface area contributed by atoms with Crippen molar-refractivity contribution in [1.29, 1.82) is 0 Å². The largest absolute Gasteiger partial charge is 0.392 e. The molecule has 0 aromatic heterocycles. The first-order valence-electron chi connectivity index (χ1n) is 6.24. The Bertz CT molecular complexity index is 172. The van der Waals surface area contributed by atoms with Gasteiger partial charge in [0, 0.05) is 11.8 Å². The number of hydrogen-bond donors (Lipinski definition) is 3. The van der Waals surface area contributed by atoms with Gasteiger partial charge in [-0.3, -0.25) is 0 Å². The Labute approximate surface area is 99.5 Å². The molecule has 3 N–H and O–H groups in total. The maximum Gasteiger partial charge on any atom is 0.0640 e. The standard InChI is InChI=1S/C13H28O3/c1-7(2)11(14)9(5)13(16)10(6)12(15)8(3)4/h7-16H,1-6H3/t9-,10-,11-,12-/m1/s1. The van der Waals surface area contributed by atoms with E-state index in [0.29, 0.717) is 0 Å². The van der Waals surface area contributed by atoms with Crippen LogP contribution in [-0.4, -0.2) is 33.6 Å². The molecule has 16 heavy (non-hydrogen) atoms. The monoisotopic (exact) mass is 232 g/mol. The Kier molecular flexibility index (Phi) is 6.53. The van der Waals surface area contributed by atoms with Gasteiger partial charge in [0.2, 0.25) is 0 Å². The Morgan fingerprint density at radius 3 is 0.938 bits per heavy atom. The summed E-state index contributed by atoms with van der Waals surface area (Å²) in [5.41, 5.74) is 0. The van der Waals surface area contributed by atoms with E-state index in [2.05, 4.69) is 0 Å². The van der Waals surface area contributed by atoms with Crippen LogP contribution in [-0.2, 0) is 0 Å². The molecule has 3 nitrogen and oxygen atoms in total. The number of aliphatic hydroxyl groups excluding tert-OH is 3. The van der Waals surface area contributed by atoms with Crippen LogP contribution in [0.1, 0.15) is 41.5 Å². The van der Waals surface area contributed by atoms with Gasteiger partial charge in [-0.2, -0.15) is 0 Å². The van der Waals surface area contributed by atoms with Crippen LogP contribution < -0.4 is 0 Å². The van der Waals surface area contributed by atoms with Gasteiger partial charge >= 0.3 is 0 Å². The van der Waals surface area contributed by atoms with Gasteiger partial charge in [0.15, 0.2) is 0 Å². The van der Waals surface area contributed by atoms with Gasteiger partial charge in [-0.1, -0.05) is 41.5 Å². The molecule has 0 amide bonds. The minimum atomic E-state index is -0.671. The molecule has 0 aromatic rings. The summed E-state index contributed by atoms with van der Waals surface area (Å²) in [5.74, 6) is -0.201. The van der Waals surface area contributed by atoms with E-state index < -0.39 is 18.3 Å². The van der Waals surface area contributed by atoms with Crippen LogP contribution in [0, 0.1) is 23.7 Å². The van der Waals surface area contributed by atoms with Crippen LogP contribution in [0.4, 0.5) is 0 Å². The number of rotatable bonds is 6. The second kappa shape index (κ2) is 6.58. The highest BCUT2D eigenvalue weighted by molar-refractivity contribution is 4.82. The topological polar surface area (TPSA) is 60.7 Å². The van der Waals surface area contributed by atoms with Crippen molar-refractivity contribution in [3.05, 3.63) is 0 Å². The van der Waals surface area contributed by atoms with Crippen molar-refractivity contribution in [1.82, 2.24) is 0 Å². The molecule has 0 spiro atoms. The maximum atomic E-state index is 10.1. The second-order valence-electron chi connectivity index (χ2n) is 5.68. The second-order valence-corrected chi connectivity index (χ2v) is 5.68. The molecule has 0 unspecified atom stereocenters. The molecule has 0 radical (unpaired) electrons. The van der Waals surface area contributed by atoms with Gasteiger partial charge in [0.1, 0.15) is 0 Å². The summed E-state index contributed by atoms with van der Waals surface area (Å²) in [6.07, 6.45) is -1.73. The SMILES string of the molecule is CC(C)[C@@H](O)[C@@H](C)C(O)[C@H](C)[C@H](O)C(C)C. The molecule has 3 heteroatoms. The summed E-state index contributed by atoms with van der Waals surface area (Å²) in [6, 6.07) is 0. The van der Waals surface area contributed by atoms with Crippen molar-refractivity contribution in [3.8, 4) is 0 Å². The van der Waals surface area contributed by atoms with E-state index in [-0.39, 0.29) is 23.7 Å².